The molecule has 0 aliphatic rings. The molecule has 0 saturated heterocycles. The van der Waals surface area contributed by atoms with Crippen molar-refractivity contribution in [1.82, 2.24) is 40.3 Å². The number of hydrogen-bond acceptors (Lipinski definition) is 14. The van der Waals surface area contributed by atoms with E-state index < -0.39 is 0 Å². The van der Waals surface area contributed by atoms with E-state index in [-0.39, 0.29) is 12.0 Å². The van der Waals surface area contributed by atoms with E-state index in [1.165, 1.54) is 0 Å². The quantitative estimate of drug-likeness (QED) is 0.384. The summed E-state index contributed by atoms with van der Waals surface area (Å²) in [6.07, 6.45) is 3.32. The van der Waals surface area contributed by atoms with Crippen LogP contribution < -0.4 is 10.6 Å². The van der Waals surface area contributed by atoms with Crippen molar-refractivity contribution in [2.45, 2.75) is 27.7 Å². The van der Waals surface area contributed by atoms with Crippen LogP contribution in [0.15, 0.2) is 42.2 Å². The molecule has 2 N–H and O–H groups in total. The maximum atomic E-state index is 5.47. The summed E-state index contributed by atoms with van der Waals surface area (Å²) in [5, 5.41) is 20.5. The van der Waals surface area contributed by atoms with Gasteiger partial charge in [0.1, 0.15) is 11.0 Å². The minimum absolute atomic E-state index is 0.249. The molecule has 0 saturated carbocycles. The predicted octanol–water partition coefficient (Wildman–Crippen LogP) is 3.93. The second kappa shape index (κ2) is 8.57. The molecule has 0 aliphatic heterocycles. The van der Waals surface area contributed by atoms with Gasteiger partial charge in [-0.3, -0.25) is 20.6 Å². The van der Waals surface area contributed by atoms with Crippen molar-refractivity contribution >= 4 is 46.3 Å². The van der Waals surface area contributed by atoms with Gasteiger partial charge in [-0.05, 0) is 13.8 Å². The largest absolute Gasteiger partial charge is 0.423 e. The fourth-order valence-electron chi connectivity index (χ4n) is 2.90. The molecule has 6 aromatic rings. The van der Waals surface area contributed by atoms with Crippen molar-refractivity contribution in [3.63, 3.8) is 0 Å². The summed E-state index contributed by atoms with van der Waals surface area (Å²) >= 11 is 0. The minimum Gasteiger partial charge on any atom is -0.423 e. The lowest BCUT2D eigenvalue weighted by Crippen LogP contribution is -1.90. The molecule has 6 rings (SSSR count). The van der Waals surface area contributed by atoms with Gasteiger partial charge in [0.2, 0.25) is 11.8 Å². The average molecular weight is 462 g/mol. The van der Waals surface area contributed by atoms with E-state index in [4.69, 9.17) is 17.7 Å². The van der Waals surface area contributed by atoms with Crippen molar-refractivity contribution in [2.24, 2.45) is 0 Å². The van der Waals surface area contributed by atoms with Gasteiger partial charge in [-0.2, -0.15) is 9.97 Å². The molecule has 0 atom stereocenters. The predicted molar refractivity (Wildman–Crippen MR) is 118 cm³/mol. The van der Waals surface area contributed by atoms with E-state index >= 15 is 0 Å². The molecule has 14 nitrogen and oxygen atoms in total. The van der Waals surface area contributed by atoms with Gasteiger partial charge < -0.3 is 17.7 Å². The van der Waals surface area contributed by atoms with Crippen LogP contribution in [0, 0.1) is 27.7 Å². The van der Waals surface area contributed by atoms with Crippen molar-refractivity contribution < 1.29 is 17.7 Å². The Labute approximate surface area is 190 Å². The van der Waals surface area contributed by atoms with Crippen LogP contribution in [-0.2, 0) is 0 Å². The highest BCUT2D eigenvalue weighted by molar-refractivity contribution is 5.76. The van der Waals surface area contributed by atoms with E-state index in [2.05, 4.69) is 51.0 Å². The molecular weight excluding hydrogens is 444 g/mol. The van der Waals surface area contributed by atoms with Crippen molar-refractivity contribution in [3.05, 3.63) is 47.7 Å². The first-order chi connectivity index (χ1) is 16.4. The number of aromatic nitrogens is 8. The third-order valence-corrected chi connectivity index (χ3v) is 4.38. The lowest BCUT2D eigenvalue weighted by molar-refractivity contribution is 0.528. The summed E-state index contributed by atoms with van der Waals surface area (Å²) in [4.78, 5) is 16.7. The second-order valence-electron chi connectivity index (χ2n) is 7.08. The van der Waals surface area contributed by atoms with E-state index in [0.717, 1.165) is 11.4 Å². The van der Waals surface area contributed by atoms with E-state index in [0.29, 0.717) is 46.0 Å². The van der Waals surface area contributed by atoms with Crippen LogP contribution in [0.4, 0.5) is 24.1 Å². The van der Waals surface area contributed by atoms with Crippen molar-refractivity contribution in [2.75, 3.05) is 10.6 Å². The molecule has 0 bridgehead atoms. The minimum atomic E-state index is 0.249. The van der Waals surface area contributed by atoms with Crippen LogP contribution in [0.3, 0.4) is 0 Å². The molecule has 0 fully saturated rings. The Balaban J connectivity index is 0.000000142. The van der Waals surface area contributed by atoms with Crippen LogP contribution in [0.5, 0.6) is 0 Å². The molecule has 0 amide bonds. The molecule has 172 valence electrons. The summed E-state index contributed by atoms with van der Waals surface area (Å²) in [6, 6.07) is 4.67. The Morgan fingerprint density at radius 3 is 1.94 bits per heavy atom. The molecule has 6 heterocycles. The van der Waals surface area contributed by atoms with Crippen molar-refractivity contribution in [3.8, 4) is 0 Å². The van der Waals surface area contributed by atoms with E-state index in [9.17, 15) is 0 Å². The van der Waals surface area contributed by atoms with Gasteiger partial charge in [-0.15, -0.1) is 10.2 Å². The molecule has 0 aliphatic carbocycles. The molecular formula is C20H18N10O4. The topological polar surface area (TPSA) is 180 Å². The number of oxazole rings is 2. The summed E-state index contributed by atoms with van der Waals surface area (Å²) < 4.78 is 21.3. The monoisotopic (exact) mass is 462 g/mol. The number of aryl methyl sites for hydroxylation is 4. The molecule has 6 aromatic heterocycles. The van der Waals surface area contributed by atoms with Crippen LogP contribution in [-0.4, -0.2) is 40.3 Å². The number of rotatable bonds is 4. The lowest BCUT2D eigenvalue weighted by Gasteiger charge is -1.91. The third kappa shape index (κ3) is 4.50. The third-order valence-electron chi connectivity index (χ3n) is 4.38. The zero-order valence-electron chi connectivity index (χ0n) is 18.5. The summed E-state index contributed by atoms with van der Waals surface area (Å²) in [5.41, 5.74) is 4.39. The normalized spacial score (nSPS) is 10.9. The van der Waals surface area contributed by atoms with Crippen LogP contribution in [0.25, 0.3) is 22.2 Å². The molecule has 0 aromatic carbocycles. The molecule has 0 unspecified atom stereocenters. The summed E-state index contributed by atoms with van der Waals surface area (Å²) in [7, 11) is 0. The van der Waals surface area contributed by atoms with Crippen LogP contribution in [0.2, 0.25) is 0 Å². The Bertz CT molecular complexity index is 1580. The molecule has 14 heteroatoms. The summed E-state index contributed by atoms with van der Waals surface area (Å²) in [5.74, 6) is 0.947. The first kappa shape index (κ1) is 21.0. The molecule has 0 radical (unpaired) electrons. The number of nitrogens with one attached hydrogen (secondary N) is 2. The van der Waals surface area contributed by atoms with Gasteiger partial charge >= 0.3 is 24.1 Å². The van der Waals surface area contributed by atoms with Gasteiger partial charge in [-0.25, -0.2) is 0 Å². The second-order valence-corrected chi connectivity index (χ2v) is 7.08. The first-order valence-corrected chi connectivity index (χ1v) is 10.0. The van der Waals surface area contributed by atoms with Crippen molar-refractivity contribution in [1.29, 1.82) is 0 Å². The highest BCUT2D eigenvalue weighted by Crippen LogP contribution is 2.23. The first-order valence-electron chi connectivity index (χ1n) is 10.0. The lowest BCUT2D eigenvalue weighted by atomic mass is 10.3. The van der Waals surface area contributed by atoms with E-state index in [1.807, 2.05) is 19.9 Å². The number of hydrogen-bond donors (Lipinski definition) is 2. The maximum absolute atomic E-state index is 5.47. The highest BCUT2D eigenvalue weighted by Gasteiger charge is 2.11. The highest BCUT2D eigenvalue weighted by atomic mass is 16.4. The SMILES string of the molecule is Cc1cc2oc(Nc3nnc(C)o3)nc2cn1.Cc1nnc(Nc2nc3c(C)nccc3o2)o1. The number of nitrogens with zero attached hydrogens (tertiary/aromatic N) is 8. The fraction of sp³-hybridized carbons (Fsp3) is 0.200. The number of anilines is 4. The zero-order chi connectivity index (χ0) is 23.7. The van der Waals surface area contributed by atoms with Gasteiger partial charge in [0, 0.05) is 37.9 Å². The molecule has 0 spiro atoms. The Hall–Kier alpha value is -4.88. The smallest absolute Gasteiger partial charge is 0.323 e. The Kier molecular flexibility index (Phi) is 5.29. The maximum Gasteiger partial charge on any atom is 0.323 e. The van der Waals surface area contributed by atoms with Crippen LogP contribution in [0.1, 0.15) is 23.2 Å². The average Bonchev–Trinajstić information content (AvgIpc) is 3.57. The van der Waals surface area contributed by atoms with Gasteiger partial charge in [-0.1, -0.05) is 10.2 Å². The standard InChI is InChI=1S/2C10H9N5O2/c1-5-3-8-7(4-11-5)12-9(17-8)13-10-15-14-6(2)16-10;1-5-8-7(3-4-11-5)17-9(12-8)13-10-15-14-6(2)16-10/h2*3-4H,1-2H3,(H,12,13,15). The Morgan fingerprint density at radius 1 is 0.676 bits per heavy atom. The number of pyridine rings is 2. The Morgan fingerprint density at radius 2 is 1.32 bits per heavy atom. The number of fused-ring (bicyclic) bond motifs is 2. The fourth-order valence-corrected chi connectivity index (χ4v) is 2.90. The van der Waals surface area contributed by atoms with Crippen LogP contribution >= 0.6 is 0 Å². The van der Waals surface area contributed by atoms with E-state index in [1.54, 1.807) is 32.3 Å². The van der Waals surface area contributed by atoms with Gasteiger partial charge in [0.05, 0.1) is 11.9 Å². The zero-order valence-corrected chi connectivity index (χ0v) is 18.5. The summed E-state index contributed by atoms with van der Waals surface area (Å²) in [6.45, 7) is 7.16. The van der Waals surface area contributed by atoms with Gasteiger partial charge in [0.15, 0.2) is 11.2 Å². The van der Waals surface area contributed by atoms with Gasteiger partial charge in [0.25, 0.3) is 0 Å². The molecule has 34 heavy (non-hydrogen) atoms.